The minimum Gasteiger partial charge on any atom is -0.357 e. The molecule has 216 valence electrons. The molecule has 8 heteroatoms. The van der Waals surface area contributed by atoms with Gasteiger partial charge in [0.1, 0.15) is 12.6 Å². The number of hydrogen-bond donors (Lipinski definition) is 1. The second kappa shape index (κ2) is 11.2. The van der Waals surface area contributed by atoms with Crippen LogP contribution in [0.2, 0.25) is 0 Å². The topological polar surface area (TPSA) is 86.8 Å². The third-order valence-electron chi connectivity index (χ3n) is 9.72. The van der Waals surface area contributed by atoms with E-state index in [1.807, 2.05) is 50.2 Å². The molecular weight excluding hydrogens is 522 g/mol. The number of aryl methyl sites for hydroxylation is 1. The largest absolute Gasteiger partial charge is 0.357 e. The van der Waals surface area contributed by atoms with Crippen molar-refractivity contribution in [2.24, 2.45) is 17.8 Å². The highest BCUT2D eigenvalue weighted by molar-refractivity contribution is 7.92. The first-order valence-electron chi connectivity index (χ1n) is 14.7. The van der Waals surface area contributed by atoms with E-state index in [-0.39, 0.29) is 24.4 Å². The molecule has 2 aromatic rings. The van der Waals surface area contributed by atoms with E-state index in [1.165, 1.54) is 53.3 Å². The van der Waals surface area contributed by atoms with E-state index in [1.54, 1.807) is 7.05 Å². The van der Waals surface area contributed by atoms with Gasteiger partial charge in [-0.15, -0.1) is 0 Å². The van der Waals surface area contributed by atoms with Crippen molar-refractivity contribution in [2.75, 3.05) is 24.2 Å². The van der Waals surface area contributed by atoms with Crippen LogP contribution in [0.5, 0.6) is 0 Å². The second-order valence-electron chi connectivity index (χ2n) is 12.5. The molecule has 7 nitrogen and oxygen atoms in total. The highest BCUT2D eigenvalue weighted by Crippen LogP contribution is 2.60. The van der Waals surface area contributed by atoms with Crippen LogP contribution in [0.4, 0.5) is 5.69 Å². The Kier molecular flexibility index (Phi) is 8.01. The van der Waals surface area contributed by atoms with Crippen LogP contribution in [0.3, 0.4) is 0 Å². The third kappa shape index (κ3) is 5.65. The lowest BCUT2D eigenvalue weighted by Gasteiger charge is -2.57. The molecule has 0 saturated heterocycles. The Bertz CT molecular complexity index is 1320. The summed E-state index contributed by atoms with van der Waals surface area (Å²) in [5, 5.41) is 2.66. The van der Waals surface area contributed by atoms with Gasteiger partial charge in [-0.25, -0.2) is 8.42 Å². The van der Waals surface area contributed by atoms with Gasteiger partial charge in [0.05, 0.1) is 11.9 Å². The van der Waals surface area contributed by atoms with Crippen LogP contribution >= 0.6 is 0 Å². The molecular formula is C32H43N3O4S. The number of anilines is 1. The molecule has 4 aliphatic rings. The quantitative estimate of drug-likeness (QED) is 0.449. The van der Waals surface area contributed by atoms with E-state index in [0.717, 1.165) is 35.1 Å². The van der Waals surface area contributed by atoms with Crippen LogP contribution in [-0.2, 0) is 31.6 Å². The number of likely N-dealkylation sites (N-methyl/N-ethyl adjacent to an activating group) is 1. The van der Waals surface area contributed by atoms with Crippen LogP contribution in [0.1, 0.15) is 68.6 Å². The van der Waals surface area contributed by atoms with Crippen LogP contribution in [-0.4, -0.2) is 51.0 Å². The van der Waals surface area contributed by atoms with Gasteiger partial charge in [-0.05, 0) is 104 Å². The molecule has 0 radical (unpaired) electrons. The second-order valence-corrected chi connectivity index (χ2v) is 14.4. The van der Waals surface area contributed by atoms with Crippen LogP contribution in [0.25, 0.3) is 0 Å². The molecule has 4 bridgehead atoms. The fourth-order valence-electron chi connectivity index (χ4n) is 8.12. The molecule has 2 aromatic carbocycles. The lowest BCUT2D eigenvalue weighted by atomic mass is 9.48. The number of carbonyl (C=O) groups is 2. The van der Waals surface area contributed by atoms with E-state index in [9.17, 15) is 18.0 Å². The van der Waals surface area contributed by atoms with Crippen molar-refractivity contribution in [1.29, 1.82) is 0 Å². The summed E-state index contributed by atoms with van der Waals surface area (Å²) in [4.78, 5) is 28.1. The van der Waals surface area contributed by atoms with Crippen molar-refractivity contribution in [2.45, 2.75) is 76.8 Å². The van der Waals surface area contributed by atoms with Gasteiger partial charge in [0.15, 0.2) is 0 Å². The molecule has 0 spiro atoms. The lowest BCUT2D eigenvalue weighted by molar-refractivity contribution is -0.140. The van der Waals surface area contributed by atoms with E-state index in [4.69, 9.17) is 0 Å². The summed E-state index contributed by atoms with van der Waals surface area (Å²) in [6, 6.07) is 14.9. The number of carbonyl (C=O) groups excluding carboxylic acids is 2. The molecule has 1 atom stereocenters. The molecule has 4 saturated carbocycles. The van der Waals surface area contributed by atoms with Crippen molar-refractivity contribution in [1.82, 2.24) is 10.2 Å². The van der Waals surface area contributed by atoms with Crippen LogP contribution in [0, 0.1) is 24.7 Å². The number of nitrogens with one attached hydrogen (secondary N) is 1. The number of amides is 2. The van der Waals surface area contributed by atoms with Gasteiger partial charge in [-0.1, -0.05) is 43.3 Å². The van der Waals surface area contributed by atoms with Crippen molar-refractivity contribution in [3.63, 3.8) is 0 Å². The van der Waals surface area contributed by atoms with E-state index < -0.39 is 22.0 Å². The van der Waals surface area contributed by atoms with Gasteiger partial charge in [0.25, 0.3) is 0 Å². The Morgan fingerprint density at radius 3 is 2.05 bits per heavy atom. The SMILES string of the molecule is CCC(C(=O)NC)N(Cc1ccccc1C)C(=O)CN(c1ccc(C23CC4CC(CC(C4)C2)C3)cc1)S(C)(=O)=O. The molecule has 0 heterocycles. The number of hydrogen-bond acceptors (Lipinski definition) is 4. The van der Waals surface area contributed by atoms with Crippen molar-refractivity contribution >= 4 is 27.5 Å². The molecule has 0 aliphatic heterocycles. The zero-order chi connectivity index (χ0) is 28.7. The zero-order valence-corrected chi connectivity index (χ0v) is 25.0. The number of sulfonamides is 1. The Balaban J connectivity index is 1.41. The normalized spacial score (nSPS) is 25.9. The fraction of sp³-hybridized carbons (Fsp3) is 0.562. The first kappa shape index (κ1) is 28.7. The highest BCUT2D eigenvalue weighted by atomic mass is 32.2. The molecule has 0 aromatic heterocycles. The molecule has 4 fully saturated rings. The number of rotatable bonds is 10. The number of nitrogens with zero attached hydrogens (tertiary/aromatic N) is 2. The van der Waals surface area contributed by atoms with E-state index in [0.29, 0.717) is 12.1 Å². The zero-order valence-electron chi connectivity index (χ0n) is 24.2. The smallest absolute Gasteiger partial charge is 0.244 e. The summed E-state index contributed by atoms with van der Waals surface area (Å²) >= 11 is 0. The minimum absolute atomic E-state index is 0.214. The summed E-state index contributed by atoms with van der Waals surface area (Å²) in [5.74, 6) is 1.79. The first-order valence-corrected chi connectivity index (χ1v) is 16.5. The Morgan fingerprint density at radius 1 is 0.975 bits per heavy atom. The van der Waals surface area contributed by atoms with Gasteiger partial charge in [0, 0.05) is 13.6 Å². The Hall–Kier alpha value is -2.87. The van der Waals surface area contributed by atoms with E-state index in [2.05, 4.69) is 17.4 Å². The summed E-state index contributed by atoms with van der Waals surface area (Å²) in [6.07, 6.45) is 9.36. The van der Waals surface area contributed by atoms with E-state index >= 15 is 0 Å². The highest BCUT2D eigenvalue weighted by Gasteiger charge is 2.51. The Labute approximate surface area is 239 Å². The monoisotopic (exact) mass is 565 g/mol. The standard InChI is InChI=1S/C32H43N3O4S/c1-5-29(31(37)33-3)34(20-26-9-7-6-8-22(26)2)30(36)21-35(40(4,38)39)28-12-10-27(11-13-28)32-17-23-14-24(18-32)16-25(15-23)19-32/h6-13,23-25,29H,5,14-21H2,1-4H3,(H,33,37). The average molecular weight is 566 g/mol. The molecule has 2 amide bonds. The maximum atomic E-state index is 13.8. The predicted molar refractivity (Wildman–Crippen MR) is 158 cm³/mol. The van der Waals surface area contributed by atoms with Gasteiger partial charge < -0.3 is 10.2 Å². The fourth-order valence-corrected chi connectivity index (χ4v) is 8.97. The van der Waals surface area contributed by atoms with Crippen molar-refractivity contribution in [3.8, 4) is 0 Å². The molecule has 1 N–H and O–H groups in total. The average Bonchev–Trinajstić information content (AvgIpc) is 2.91. The first-order chi connectivity index (χ1) is 19.0. The maximum absolute atomic E-state index is 13.8. The van der Waals surface area contributed by atoms with Crippen molar-refractivity contribution in [3.05, 3.63) is 65.2 Å². The summed E-state index contributed by atoms with van der Waals surface area (Å²) in [6.45, 7) is 3.68. The third-order valence-corrected chi connectivity index (χ3v) is 10.9. The number of benzene rings is 2. The molecule has 1 unspecified atom stereocenters. The summed E-state index contributed by atoms with van der Waals surface area (Å²) < 4.78 is 27.2. The van der Waals surface area contributed by atoms with Crippen LogP contribution < -0.4 is 9.62 Å². The van der Waals surface area contributed by atoms with Crippen molar-refractivity contribution < 1.29 is 18.0 Å². The minimum atomic E-state index is -3.76. The lowest BCUT2D eigenvalue weighted by Crippen LogP contribution is -2.51. The molecule has 4 aliphatic carbocycles. The predicted octanol–water partition coefficient (Wildman–Crippen LogP) is 4.78. The summed E-state index contributed by atoms with van der Waals surface area (Å²) in [5.41, 5.74) is 3.93. The molecule has 40 heavy (non-hydrogen) atoms. The van der Waals surface area contributed by atoms with Gasteiger partial charge >= 0.3 is 0 Å². The van der Waals surface area contributed by atoms with Gasteiger partial charge in [0.2, 0.25) is 21.8 Å². The van der Waals surface area contributed by atoms with Gasteiger partial charge in [-0.3, -0.25) is 13.9 Å². The van der Waals surface area contributed by atoms with Crippen LogP contribution in [0.15, 0.2) is 48.5 Å². The van der Waals surface area contributed by atoms with Gasteiger partial charge in [-0.2, -0.15) is 0 Å². The molecule has 6 rings (SSSR count). The Morgan fingerprint density at radius 2 is 1.55 bits per heavy atom. The summed E-state index contributed by atoms with van der Waals surface area (Å²) in [7, 11) is -2.21. The maximum Gasteiger partial charge on any atom is 0.244 e.